The van der Waals surface area contributed by atoms with Crippen LogP contribution < -0.4 is 10.6 Å². The minimum atomic E-state index is -0.324. The molecule has 8 heteroatoms. The van der Waals surface area contributed by atoms with E-state index in [2.05, 4.69) is 0 Å². The van der Waals surface area contributed by atoms with Crippen molar-refractivity contribution >= 4 is 53.1 Å². The Labute approximate surface area is 151 Å². The van der Waals surface area contributed by atoms with E-state index in [0.29, 0.717) is 35.4 Å². The van der Waals surface area contributed by atoms with E-state index in [0.717, 1.165) is 6.42 Å². The summed E-state index contributed by atoms with van der Waals surface area (Å²) in [5, 5.41) is 0.936. The van der Waals surface area contributed by atoms with E-state index in [4.69, 9.17) is 28.9 Å². The Morgan fingerprint density at radius 3 is 2.39 bits per heavy atom. The molecule has 2 heterocycles. The average molecular weight is 379 g/mol. The van der Waals surface area contributed by atoms with Gasteiger partial charge in [-0.15, -0.1) is 12.4 Å². The van der Waals surface area contributed by atoms with Crippen LogP contribution in [0.1, 0.15) is 12.8 Å². The highest BCUT2D eigenvalue weighted by Gasteiger charge is 2.38. The van der Waals surface area contributed by atoms with Crippen LogP contribution in [0.3, 0.4) is 0 Å². The molecular weight excluding hydrogens is 361 g/mol. The summed E-state index contributed by atoms with van der Waals surface area (Å²) < 4.78 is 0. The van der Waals surface area contributed by atoms with Crippen LogP contribution in [0.4, 0.5) is 5.69 Å². The molecule has 2 atom stereocenters. The zero-order chi connectivity index (χ0) is 15.9. The van der Waals surface area contributed by atoms with Crippen LogP contribution in [0.25, 0.3) is 0 Å². The maximum Gasteiger partial charge on any atom is 0.228 e. The van der Waals surface area contributed by atoms with Crippen LogP contribution in [0, 0.1) is 5.92 Å². The van der Waals surface area contributed by atoms with Gasteiger partial charge in [0.1, 0.15) is 0 Å². The maximum absolute atomic E-state index is 12.5. The first kappa shape index (κ1) is 18.3. The van der Waals surface area contributed by atoms with Crippen LogP contribution in [0.15, 0.2) is 18.2 Å². The molecule has 23 heavy (non-hydrogen) atoms. The second kappa shape index (κ2) is 7.26. The molecule has 0 saturated carbocycles. The zero-order valence-corrected chi connectivity index (χ0v) is 14.7. The minimum absolute atomic E-state index is 0. The minimum Gasteiger partial charge on any atom is -0.341 e. The van der Waals surface area contributed by atoms with E-state index >= 15 is 0 Å². The Morgan fingerprint density at radius 2 is 1.83 bits per heavy atom. The van der Waals surface area contributed by atoms with Gasteiger partial charge in [0.05, 0.1) is 5.92 Å². The van der Waals surface area contributed by atoms with Gasteiger partial charge in [0.15, 0.2) is 0 Å². The summed E-state index contributed by atoms with van der Waals surface area (Å²) in [5.74, 6) is -0.396. The highest BCUT2D eigenvalue weighted by molar-refractivity contribution is 6.35. The molecule has 0 aromatic heterocycles. The zero-order valence-electron chi connectivity index (χ0n) is 12.4. The smallest absolute Gasteiger partial charge is 0.228 e. The summed E-state index contributed by atoms with van der Waals surface area (Å²) >= 11 is 12.0. The monoisotopic (exact) mass is 377 g/mol. The van der Waals surface area contributed by atoms with Gasteiger partial charge in [-0.2, -0.15) is 0 Å². The second-order valence-corrected chi connectivity index (χ2v) is 6.74. The first-order valence-electron chi connectivity index (χ1n) is 7.25. The molecular formula is C15H18Cl3N3O2. The van der Waals surface area contributed by atoms with E-state index in [9.17, 15) is 9.59 Å². The van der Waals surface area contributed by atoms with Crippen LogP contribution in [-0.2, 0) is 9.59 Å². The number of carbonyl (C=O) groups is 2. The van der Waals surface area contributed by atoms with Crippen molar-refractivity contribution in [1.29, 1.82) is 0 Å². The van der Waals surface area contributed by atoms with Crippen molar-refractivity contribution in [3.05, 3.63) is 28.2 Å². The third-order valence-corrected chi connectivity index (χ3v) is 4.61. The van der Waals surface area contributed by atoms with Gasteiger partial charge in [-0.1, -0.05) is 23.2 Å². The molecule has 2 aliphatic rings. The van der Waals surface area contributed by atoms with Gasteiger partial charge in [0, 0.05) is 47.8 Å². The van der Waals surface area contributed by atoms with Crippen LogP contribution >= 0.6 is 35.6 Å². The number of nitrogens with two attached hydrogens (primary N) is 1. The molecule has 0 radical (unpaired) electrons. The molecule has 0 bridgehead atoms. The molecule has 2 aliphatic heterocycles. The van der Waals surface area contributed by atoms with Crippen molar-refractivity contribution in [3.63, 3.8) is 0 Å². The fourth-order valence-corrected chi connectivity index (χ4v) is 3.58. The fourth-order valence-electron chi connectivity index (χ4n) is 3.06. The summed E-state index contributed by atoms with van der Waals surface area (Å²) in [6, 6.07) is 5.03. The number of hydrogen-bond donors (Lipinski definition) is 1. The number of benzene rings is 1. The lowest BCUT2D eigenvalue weighted by Gasteiger charge is -2.21. The van der Waals surface area contributed by atoms with Gasteiger partial charge in [0.25, 0.3) is 0 Å². The van der Waals surface area contributed by atoms with Crippen LogP contribution in [0.5, 0.6) is 0 Å². The Kier molecular flexibility index (Phi) is 5.79. The van der Waals surface area contributed by atoms with E-state index < -0.39 is 0 Å². The first-order valence-corrected chi connectivity index (χ1v) is 8.00. The number of anilines is 1. The third kappa shape index (κ3) is 3.91. The standard InChI is InChI=1S/C15H17Cl2N3O2.ClH/c16-10-4-11(17)6-13(5-10)20-7-9(3-14(20)21)15(22)19-2-1-12(18)8-19;/h4-6,9,12H,1-3,7-8,18H2;1H/t9?,12-;/m1./s1. The quantitative estimate of drug-likeness (QED) is 0.859. The summed E-state index contributed by atoms with van der Waals surface area (Å²) in [7, 11) is 0. The van der Waals surface area contributed by atoms with E-state index in [-0.39, 0.29) is 42.6 Å². The maximum atomic E-state index is 12.5. The topological polar surface area (TPSA) is 66.6 Å². The third-order valence-electron chi connectivity index (χ3n) is 4.17. The molecule has 3 rings (SSSR count). The van der Waals surface area contributed by atoms with Gasteiger partial charge >= 0.3 is 0 Å². The highest BCUT2D eigenvalue weighted by Crippen LogP contribution is 2.31. The summed E-state index contributed by atoms with van der Waals surface area (Å²) in [6.07, 6.45) is 1.04. The normalized spacial score (nSPS) is 24.0. The van der Waals surface area contributed by atoms with Crippen molar-refractivity contribution in [1.82, 2.24) is 4.90 Å². The molecule has 0 spiro atoms. The molecule has 2 amide bonds. The Balaban J connectivity index is 0.00000192. The van der Waals surface area contributed by atoms with E-state index in [1.807, 2.05) is 0 Å². The molecule has 2 N–H and O–H groups in total. The SMILES string of the molecule is Cl.N[C@@H]1CCN(C(=O)C2CC(=O)N(c3cc(Cl)cc(Cl)c3)C2)C1. The van der Waals surface area contributed by atoms with Crippen LogP contribution in [0.2, 0.25) is 10.0 Å². The van der Waals surface area contributed by atoms with Crippen molar-refractivity contribution < 1.29 is 9.59 Å². The largest absolute Gasteiger partial charge is 0.341 e. The molecule has 0 aliphatic carbocycles. The van der Waals surface area contributed by atoms with Crippen molar-refractivity contribution in [2.24, 2.45) is 11.7 Å². The number of likely N-dealkylation sites (tertiary alicyclic amines) is 1. The lowest BCUT2D eigenvalue weighted by molar-refractivity contribution is -0.134. The lowest BCUT2D eigenvalue weighted by Crippen LogP contribution is -2.37. The molecule has 1 aromatic carbocycles. The van der Waals surface area contributed by atoms with Crippen LogP contribution in [-0.4, -0.2) is 42.4 Å². The van der Waals surface area contributed by atoms with Gasteiger partial charge in [0.2, 0.25) is 11.8 Å². The Morgan fingerprint density at radius 1 is 1.17 bits per heavy atom. The number of halogens is 3. The lowest BCUT2D eigenvalue weighted by atomic mass is 10.1. The highest BCUT2D eigenvalue weighted by atomic mass is 35.5. The van der Waals surface area contributed by atoms with Crippen molar-refractivity contribution in [3.8, 4) is 0 Å². The van der Waals surface area contributed by atoms with E-state index in [1.54, 1.807) is 28.0 Å². The van der Waals surface area contributed by atoms with Crippen molar-refractivity contribution in [2.75, 3.05) is 24.5 Å². The molecule has 1 unspecified atom stereocenters. The number of nitrogens with zero attached hydrogens (tertiary/aromatic N) is 2. The molecule has 2 fully saturated rings. The van der Waals surface area contributed by atoms with Gasteiger partial charge in [-0.05, 0) is 24.6 Å². The summed E-state index contributed by atoms with van der Waals surface area (Å²) in [6.45, 7) is 1.61. The predicted octanol–water partition coefficient (Wildman–Crippen LogP) is 2.33. The van der Waals surface area contributed by atoms with Gasteiger partial charge in [-0.3, -0.25) is 9.59 Å². The van der Waals surface area contributed by atoms with Crippen molar-refractivity contribution in [2.45, 2.75) is 18.9 Å². The molecule has 5 nitrogen and oxygen atoms in total. The summed E-state index contributed by atoms with van der Waals surface area (Å²) in [4.78, 5) is 28.1. The number of amides is 2. The molecule has 2 saturated heterocycles. The van der Waals surface area contributed by atoms with Gasteiger partial charge in [-0.25, -0.2) is 0 Å². The second-order valence-electron chi connectivity index (χ2n) is 5.87. The number of carbonyl (C=O) groups excluding carboxylic acids is 2. The fraction of sp³-hybridized carbons (Fsp3) is 0.467. The number of rotatable bonds is 2. The van der Waals surface area contributed by atoms with E-state index in [1.165, 1.54) is 0 Å². The van der Waals surface area contributed by atoms with Gasteiger partial charge < -0.3 is 15.5 Å². The molecule has 1 aromatic rings. The average Bonchev–Trinajstić information content (AvgIpc) is 3.03. The molecule has 126 valence electrons. The predicted molar refractivity (Wildman–Crippen MR) is 93.3 cm³/mol. The number of hydrogen-bond acceptors (Lipinski definition) is 3. The summed E-state index contributed by atoms with van der Waals surface area (Å²) in [5.41, 5.74) is 6.48. The first-order chi connectivity index (χ1) is 10.4. The Hall–Kier alpha value is -1.01. The Bertz CT molecular complexity index is 606.